The molecule has 0 fully saturated rings. The largest absolute Gasteiger partial charge is 0.315 e. The Kier molecular flexibility index (Phi) is 4.67. The molecule has 1 aromatic heterocycles. The van der Waals surface area contributed by atoms with Crippen LogP contribution in [0, 0.1) is 6.92 Å². The lowest BCUT2D eigenvalue weighted by Gasteiger charge is -2.17. The summed E-state index contributed by atoms with van der Waals surface area (Å²) in [7, 11) is 1.98. The smallest absolute Gasteiger partial charge is 0.124 e. The summed E-state index contributed by atoms with van der Waals surface area (Å²) in [5.74, 6) is 0. The van der Waals surface area contributed by atoms with Crippen LogP contribution in [-0.4, -0.2) is 12.0 Å². The van der Waals surface area contributed by atoms with Crippen molar-refractivity contribution < 1.29 is 0 Å². The highest BCUT2D eigenvalue weighted by atomic mass is 79.9. The Morgan fingerprint density at radius 1 is 1.30 bits per heavy atom. The summed E-state index contributed by atoms with van der Waals surface area (Å²) in [6.45, 7) is 9.67. The van der Waals surface area contributed by atoms with Crippen LogP contribution in [0.4, 0.5) is 0 Å². The highest BCUT2D eigenvalue weighted by molar-refractivity contribution is 9.10. The van der Waals surface area contributed by atoms with Gasteiger partial charge in [-0.2, -0.15) is 0 Å². The fourth-order valence-corrected chi connectivity index (χ4v) is 4.05. The van der Waals surface area contributed by atoms with Crippen molar-refractivity contribution in [3.8, 4) is 10.6 Å². The third kappa shape index (κ3) is 3.30. The van der Waals surface area contributed by atoms with Crippen molar-refractivity contribution in [3.05, 3.63) is 38.8 Å². The molecule has 0 unspecified atom stereocenters. The normalized spacial score (nSPS) is 11.9. The number of benzene rings is 1. The van der Waals surface area contributed by atoms with Crippen molar-refractivity contribution in [3.63, 3.8) is 0 Å². The summed E-state index contributed by atoms with van der Waals surface area (Å²) in [4.78, 5) is 6.25. The number of hydrogen-bond acceptors (Lipinski definition) is 3. The van der Waals surface area contributed by atoms with Crippen LogP contribution >= 0.6 is 27.3 Å². The number of aryl methyl sites for hydroxylation is 1. The Balaban J connectivity index is 2.53. The minimum Gasteiger partial charge on any atom is -0.315 e. The number of hydrogen-bond donors (Lipinski definition) is 1. The van der Waals surface area contributed by atoms with Crippen molar-refractivity contribution in [2.24, 2.45) is 0 Å². The van der Waals surface area contributed by atoms with E-state index in [1.807, 2.05) is 7.05 Å². The molecule has 4 heteroatoms. The van der Waals surface area contributed by atoms with Gasteiger partial charge in [-0.05, 0) is 31.7 Å². The zero-order chi connectivity index (χ0) is 14.9. The number of rotatable bonds is 3. The lowest BCUT2D eigenvalue weighted by Crippen LogP contribution is -2.16. The minimum absolute atomic E-state index is 0.0736. The summed E-state index contributed by atoms with van der Waals surface area (Å²) < 4.78 is 1.11. The molecule has 0 saturated carbocycles. The summed E-state index contributed by atoms with van der Waals surface area (Å²) in [5, 5.41) is 4.36. The van der Waals surface area contributed by atoms with Gasteiger partial charge in [0.15, 0.2) is 0 Å². The lowest BCUT2D eigenvalue weighted by atomic mass is 9.91. The second-order valence-corrected chi connectivity index (χ2v) is 8.03. The molecule has 0 aliphatic rings. The Labute approximate surface area is 133 Å². The van der Waals surface area contributed by atoms with E-state index < -0.39 is 0 Å². The minimum atomic E-state index is 0.0736. The molecular formula is C16H21BrN2S. The SMILES string of the molecule is CNCc1sc(-c2ccc(Br)cc2C)nc1C(C)(C)C. The molecule has 0 atom stereocenters. The number of aromatic nitrogens is 1. The summed E-state index contributed by atoms with van der Waals surface area (Å²) in [5.41, 5.74) is 3.76. The molecule has 108 valence electrons. The van der Waals surface area contributed by atoms with Crippen molar-refractivity contribution in [1.29, 1.82) is 0 Å². The van der Waals surface area contributed by atoms with Gasteiger partial charge in [-0.3, -0.25) is 0 Å². The zero-order valence-electron chi connectivity index (χ0n) is 12.7. The fourth-order valence-electron chi connectivity index (χ4n) is 2.20. The van der Waals surface area contributed by atoms with Crippen LogP contribution in [0.2, 0.25) is 0 Å². The maximum Gasteiger partial charge on any atom is 0.124 e. The second kappa shape index (κ2) is 5.96. The first-order chi connectivity index (χ1) is 9.32. The van der Waals surface area contributed by atoms with E-state index in [4.69, 9.17) is 4.98 Å². The first-order valence-corrected chi connectivity index (χ1v) is 8.35. The molecule has 2 nitrogen and oxygen atoms in total. The molecule has 0 bridgehead atoms. The Bertz CT molecular complexity index is 611. The van der Waals surface area contributed by atoms with E-state index in [2.05, 4.69) is 67.1 Å². The topological polar surface area (TPSA) is 24.9 Å². The summed E-state index contributed by atoms with van der Waals surface area (Å²) in [6, 6.07) is 6.37. The average Bonchev–Trinajstić information content (AvgIpc) is 2.73. The van der Waals surface area contributed by atoms with Crippen LogP contribution in [0.3, 0.4) is 0 Å². The van der Waals surface area contributed by atoms with Gasteiger partial charge >= 0.3 is 0 Å². The van der Waals surface area contributed by atoms with Gasteiger partial charge in [0.1, 0.15) is 5.01 Å². The molecule has 0 amide bonds. The van der Waals surface area contributed by atoms with Crippen molar-refractivity contribution in [1.82, 2.24) is 10.3 Å². The van der Waals surface area contributed by atoms with E-state index in [1.165, 1.54) is 21.7 Å². The van der Waals surface area contributed by atoms with E-state index in [0.29, 0.717) is 0 Å². The maximum absolute atomic E-state index is 4.92. The van der Waals surface area contributed by atoms with Crippen molar-refractivity contribution in [2.75, 3.05) is 7.05 Å². The molecule has 0 spiro atoms. The van der Waals surface area contributed by atoms with Gasteiger partial charge in [-0.25, -0.2) is 4.98 Å². The van der Waals surface area contributed by atoms with E-state index in [9.17, 15) is 0 Å². The molecule has 20 heavy (non-hydrogen) atoms. The lowest BCUT2D eigenvalue weighted by molar-refractivity contribution is 0.563. The van der Waals surface area contributed by atoms with Gasteiger partial charge < -0.3 is 5.32 Å². The van der Waals surface area contributed by atoms with E-state index in [1.54, 1.807) is 11.3 Å². The van der Waals surface area contributed by atoms with Crippen LogP contribution < -0.4 is 5.32 Å². The molecule has 1 aromatic carbocycles. The number of halogens is 1. The number of nitrogens with zero attached hydrogens (tertiary/aromatic N) is 1. The quantitative estimate of drug-likeness (QED) is 0.849. The standard InChI is InChI=1S/C16H21BrN2S/c1-10-8-11(17)6-7-12(10)15-19-14(16(2,3)4)13(20-15)9-18-5/h6-8,18H,9H2,1-5H3. The van der Waals surface area contributed by atoms with E-state index >= 15 is 0 Å². The maximum atomic E-state index is 4.92. The Hall–Kier alpha value is -0.710. The van der Waals surface area contributed by atoms with Crippen LogP contribution in [-0.2, 0) is 12.0 Å². The van der Waals surface area contributed by atoms with E-state index in [0.717, 1.165) is 16.0 Å². The van der Waals surface area contributed by atoms with Gasteiger partial charge in [-0.15, -0.1) is 11.3 Å². The first-order valence-electron chi connectivity index (χ1n) is 6.74. The molecule has 2 rings (SSSR count). The molecule has 0 aliphatic heterocycles. The molecular weight excluding hydrogens is 332 g/mol. The second-order valence-electron chi connectivity index (χ2n) is 6.03. The van der Waals surface area contributed by atoms with Gasteiger partial charge in [-0.1, -0.05) is 42.8 Å². The summed E-state index contributed by atoms with van der Waals surface area (Å²) >= 11 is 5.31. The van der Waals surface area contributed by atoms with Crippen LogP contribution in [0.15, 0.2) is 22.7 Å². The van der Waals surface area contributed by atoms with Gasteiger partial charge in [0.2, 0.25) is 0 Å². The number of nitrogens with one attached hydrogen (secondary N) is 1. The predicted octanol–water partition coefficient (Wildman–Crippen LogP) is 4.90. The molecule has 2 aromatic rings. The molecule has 0 saturated heterocycles. The molecule has 0 radical (unpaired) electrons. The van der Waals surface area contributed by atoms with Gasteiger partial charge in [0, 0.05) is 26.9 Å². The third-order valence-electron chi connectivity index (χ3n) is 3.16. The van der Waals surface area contributed by atoms with E-state index in [-0.39, 0.29) is 5.41 Å². The van der Waals surface area contributed by atoms with Gasteiger partial charge in [0.25, 0.3) is 0 Å². The highest BCUT2D eigenvalue weighted by Gasteiger charge is 2.23. The predicted molar refractivity (Wildman–Crippen MR) is 91.5 cm³/mol. The molecule has 1 N–H and O–H groups in total. The molecule has 1 heterocycles. The first kappa shape index (κ1) is 15.7. The van der Waals surface area contributed by atoms with Crippen LogP contribution in [0.25, 0.3) is 10.6 Å². The van der Waals surface area contributed by atoms with Crippen molar-refractivity contribution >= 4 is 27.3 Å². The zero-order valence-corrected chi connectivity index (χ0v) is 15.1. The van der Waals surface area contributed by atoms with Gasteiger partial charge in [0.05, 0.1) is 5.69 Å². The van der Waals surface area contributed by atoms with Crippen molar-refractivity contribution in [2.45, 2.75) is 39.7 Å². The Morgan fingerprint density at radius 2 is 2.00 bits per heavy atom. The Morgan fingerprint density at radius 3 is 2.55 bits per heavy atom. The average molecular weight is 353 g/mol. The third-order valence-corrected chi connectivity index (χ3v) is 4.75. The monoisotopic (exact) mass is 352 g/mol. The molecule has 0 aliphatic carbocycles. The highest BCUT2D eigenvalue weighted by Crippen LogP contribution is 2.36. The van der Waals surface area contributed by atoms with Crippen LogP contribution in [0.1, 0.15) is 36.9 Å². The number of thiazole rings is 1. The van der Waals surface area contributed by atoms with Crippen LogP contribution in [0.5, 0.6) is 0 Å². The summed E-state index contributed by atoms with van der Waals surface area (Å²) in [6.07, 6.45) is 0. The fraction of sp³-hybridized carbons (Fsp3) is 0.438.